The van der Waals surface area contributed by atoms with E-state index in [0.29, 0.717) is 0 Å². The van der Waals surface area contributed by atoms with Gasteiger partial charge in [-0.05, 0) is 80.0 Å². The van der Waals surface area contributed by atoms with Crippen LogP contribution in [0.4, 0.5) is 17.1 Å². The maximum Gasteiger partial charge on any atom is 0.0651 e. The fourth-order valence-corrected chi connectivity index (χ4v) is 5.50. The number of rotatable bonds is 5. The van der Waals surface area contributed by atoms with Crippen molar-refractivity contribution in [2.24, 2.45) is 0 Å². The number of benzene rings is 7. The van der Waals surface area contributed by atoms with Gasteiger partial charge in [0.2, 0.25) is 0 Å². The first kappa shape index (κ1) is 11.6. The van der Waals surface area contributed by atoms with Gasteiger partial charge in [-0.2, -0.15) is 0 Å². The third kappa shape index (κ3) is 4.24. The number of fused-ring (bicyclic) bond motifs is 2. The molecule has 1 aliphatic rings. The van der Waals surface area contributed by atoms with Gasteiger partial charge < -0.3 is 4.90 Å². The minimum atomic E-state index is -1.45. The minimum absolute atomic E-state index is 0.00887. The molecule has 0 heterocycles. The van der Waals surface area contributed by atoms with Crippen LogP contribution in [0.3, 0.4) is 0 Å². The molecule has 7 aromatic rings. The first-order valence-electron chi connectivity index (χ1n) is 25.0. The molecule has 1 heteroatoms. The summed E-state index contributed by atoms with van der Waals surface area (Å²) in [4.78, 5) is 0.881. The standard InChI is InChI=1S/C43H33N/c1-43(2)38-21-10-9-20-37(38)42-40(28-25-33-17-12-22-39(43)41(33)42)44(35-26-23-32(24-27-35)30-13-5-3-6-14-30)36-19-11-18-34(29-36)31-15-7-4-8-16-31/h3-29H,1-2H3/i4D,5D,6D,7D,8D,9D,10D,11D,12D,13D,14D,15D,16D,17D,18D,21D,22D,23D,24D,25D,26D,27D,29D. The molecule has 0 amide bonds. The largest absolute Gasteiger partial charge is 0.310 e. The molecule has 44 heavy (non-hydrogen) atoms. The molecule has 7 aromatic carbocycles. The lowest BCUT2D eigenvalue weighted by atomic mass is 9.68. The Morgan fingerprint density at radius 2 is 1.20 bits per heavy atom. The van der Waals surface area contributed by atoms with Crippen LogP contribution in [0.15, 0.2) is 163 Å². The summed E-state index contributed by atoms with van der Waals surface area (Å²) in [6.07, 6.45) is 0. The highest BCUT2D eigenvalue weighted by molar-refractivity contribution is 6.10. The average Bonchev–Trinajstić information content (AvgIpc) is 3.26. The molecule has 1 aliphatic carbocycles. The molecular weight excluding hydrogens is 530 g/mol. The molecule has 0 atom stereocenters. The van der Waals surface area contributed by atoms with Crippen molar-refractivity contribution in [1.29, 1.82) is 0 Å². The van der Waals surface area contributed by atoms with Gasteiger partial charge in [-0.15, -0.1) is 0 Å². The Kier molecular flexibility index (Phi) is 2.74. The first-order valence-corrected chi connectivity index (χ1v) is 13.5. The summed E-state index contributed by atoms with van der Waals surface area (Å²) in [6.45, 7) is 3.17. The lowest BCUT2D eigenvalue weighted by Crippen LogP contribution is -2.24. The van der Waals surface area contributed by atoms with Gasteiger partial charge in [0.1, 0.15) is 0 Å². The van der Waals surface area contributed by atoms with Crippen molar-refractivity contribution in [2.45, 2.75) is 19.3 Å². The van der Waals surface area contributed by atoms with E-state index < -0.39 is 178 Å². The summed E-state index contributed by atoms with van der Waals surface area (Å²) in [7, 11) is 0. The van der Waals surface area contributed by atoms with E-state index in [4.69, 9.17) is 20.6 Å². The molecule has 1 nitrogen and oxygen atoms in total. The normalized spacial score (nSPS) is 20.3. The Labute approximate surface area is 292 Å². The Hall–Kier alpha value is -5.40. The van der Waals surface area contributed by atoms with Gasteiger partial charge in [-0.1, -0.05) is 147 Å². The molecule has 0 fully saturated rings. The monoisotopic (exact) mass is 586 g/mol. The van der Waals surface area contributed by atoms with E-state index in [1.54, 1.807) is 13.8 Å². The van der Waals surface area contributed by atoms with Gasteiger partial charge in [-0.25, -0.2) is 0 Å². The number of anilines is 3. The Bertz CT molecular complexity index is 3350. The topological polar surface area (TPSA) is 3.24 Å². The zero-order valence-electron chi connectivity index (χ0n) is 46.3. The molecule has 0 aliphatic heterocycles. The maximum atomic E-state index is 9.76. The highest BCUT2D eigenvalue weighted by Crippen LogP contribution is 2.53. The second-order valence-electron chi connectivity index (χ2n) is 10.4. The third-order valence-corrected chi connectivity index (χ3v) is 7.51. The smallest absolute Gasteiger partial charge is 0.0651 e. The lowest BCUT2D eigenvalue weighted by molar-refractivity contribution is 0.645. The summed E-state index contributed by atoms with van der Waals surface area (Å²) < 4.78 is 205. The third-order valence-electron chi connectivity index (χ3n) is 7.51. The number of hydrogen-bond donors (Lipinski definition) is 0. The fraction of sp³-hybridized carbons (Fsp3) is 0.0698. The quantitative estimate of drug-likeness (QED) is 0.194. The average molecular weight is 587 g/mol. The molecule has 0 bridgehead atoms. The van der Waals surface area contributed by atoms with Crippen molar-refractivity contribution >= 4 is 27.8 Å². The molecule has 0 radical (unpaired) electrons. The number of nitrogens with zero attached hydrogens (tertiary/aromatic N) is 1. The maximum absolute atomic E-state index is 9.76. The van der Waals surface area contributed by atoms with Crippen LogP contribution >= 0.6 is 0 Å². The van der Waals surface area contributed by atoms with E-state index in [1.807, 2.05) is 0 Å². The van der Waals surface area contributed by atoms with Crippen molar-refractivity contribution in [1.82, 2.24) is 0 Å². The Morgan fingerprint density at radius 1 is 0.523 bits per heavy atom. The van der Waals surface area contributed by atoms with Crippen LogP contribution in [0.2, 0.25) is 0 Å². The summed E-state index contributed by atoms with van der Waals surface area (Å²) in [6, 6.07) is -12.6. The van der Waals surface area contributed by atoms with Crippen molar-refractivity contribution in [3.05, 3.63) is 174 Å². The van der Waals surface area contributed by atoms with Crippen LogP contribution < -0.4 is 4.90 Å². The summed E-state index contributed by atoms with van der Waals surface area (Å²) >= 11 is 0. The van der Waals surface area contributed by atoms with Crippen molar-refractivity contribution < 1.29 is 31.5 Å². The zero-order valence-corrected chi connectivity index (χ0v) is 23.3. The van der Waals surface area contributed by atoms with Crippen molar-refractivity contribution in [3.8, 4) is 33.4 Å². The van der Waals surface area contributed by atoms with E-state index in [1.165, 1.54) is 6.07 Å². The molecule has 8 rings (SSSR count). The first-order chi connectivity index (χ1) is 31.1. The molecule has 0 N–H and O–H groups in total. The van der Waals surface area contributed by atoms with Crippen LogP contribution in [0.5, 0.6) is 0 Å². The van der Waals surface area contributed by atoms with Crippen LogP contribution in [0, 0.1) is 0 Å². The zero-order chi connectivity index (χ0) is 49.7. The highest BCUT2D eigenvalue weighted by atomic mass is 15.1. The van der Waals surface area contributed by atoms with Gasteiger partial charge >= 0.3 is 0 Å². The van der Waals surface area contributed by atoms with Gasteiger partial charge in [0.05, 0.1) is 37.2 Å². The SMILES string of the molecule is [2H]c1cc2c(c([2H])c1[2H])C(C)(C)c1c([2H])c([2H])c([2H])c3c([2H])cc(N(c4cc([2H])c([2H])c(-c5c([2H])c([2H])c([2H])c([2H])c5[2H])c4[2H])c4c([2H])c([2H])c(-c5c([2H])c([2H])cc([2H])c5[2H])c([2H])c4[2H])c-2c13. The molecule has 0 aromatic heterocycles. The predicted molar refractivity (Wildman–Crippen MR) is 187 cm³/mol. The van der Waals surface area contributed by atoms with Crippen molar-refractivity contribution in [3.63, 3.8) is 0 Å². The fourth-order valence-electron chi connectivity index (χ4n) is 5.50. The second-order valence-corrected chi connectivity index (χ2v) is 10.4. The summed E-state index contributed by atoms with van der Waals surface area (Å²) in [5.41, 5.74) is -5.98. The van der Waals surface area contributed by atoms with E-state index in [9.17, 15) is 11.0 Å². The predicted octanol–water partition coefficient (Wildman–Crippen LogP) is 11.9. The van der Waals surface area contributed by atoms with E-state index in [2.05, 4.69) is 0 Å². The molecule has 0 saturated heterocycles. The highest BCUT2D eigenvalue weighted by Gasteiger charge is 2.35. The second kappa shape index (κ2) is 10.4. The lowest BCUT2D eigenvalue weighted by Gasteiger charge is -2.38. The Morgan fingerprint density at radius 3 is 2.02 bits per heavy atom. The van der Waals surface area contributed by atoms with Gasteiger partial charge in [-0.3, -0.25) is 0 Å². The van der Waals surface area contributed by atoms with Crippen molar-refractivity contribution in [2.75, 3.05) is 4.90 Å². The molecule has 0 unspecified atom stereocenters. The molecular formula is C43H33N. The molecule has 210 valence electrons. The summed E-state index contributed by atoms with van der Waals surface area (Å²) in [5.74, 6) is 0. The van der Waals surface area contributed by atoms with E-state index in [-0.39, 0.29) is 38.7 Å². The van der Waals surface area contributed by atoms with Gasteiger partial charge in [0.25, 0.3) is 0 Å². The number of hydrogen-bond acceptors (Lipinski definition) is 1. The Balaban J connectivity index is 1.66. The van der Waals surface area contributed by atoms with Gasteiger partial charge in [0.15, 0.2) is 0 Å². The molecule has 0 saturated carbocycles. The van der Waals surface area contributed by atoms with Crippen LogP contribution in [0.25, 0.3) is 44.2 Å². The minimum Gasteiger partial charge on any atom is -0.310 e. The summed E-state index contributed by atoms with van der Waals surface area (Å²) in [5, 5.41) is -0.259. The van der Waals surface area contributed by atoms with Crippen LogP contribution in [-0.2, 0) is 5.41 Å². The molecule has 0 spiro atoms. The van der Waals surface area contributed by atoms with E-state index in [0.717, 1.165) is 23.1 Å². The van der Waals surface area contributed by atoms with Gasteiger partial charge in [0, 0.05) is 22.4 Å². The van der Waals surface area contributed by atoms with Crippen LogP contribution in [0.1, 0.15) is 56.5 Å². The van der Waals surface area contributed by atoms with Crippen LogP contribution in [-0.4, -0.2) is 0 Å². The van der Waals surface area contributed by atoms with E-state index >= 15 is 0 Å².